The summed E-state index contributed by atoms with van der Waals surface area (Å²) in [6.07, 6.45) is 1.48. The summed E-state index contributed by atoms with van der Waals surface area (Å²) in [5, 5.41) is 18.4. The SMILES string of the molecule is Cc1nn(C)c2ncc(C(=O)Nc3ccc([N+](=O)[O-])cc3)cc12. The van der Waals surface area contributed by atoms with Crippen LogP contribution in [0.25, 0.3) is 11.0 Å². The number of anilines is 1. The number of nitro benzene ring substituents is 1. The molecule has 3 aromatic rings. The molecular weight excluding hydrogens is 298 g/mol. The van der Waals surface area contributed by atoms with Gasteiger partial charge in [-0.2, -0.15) is 5.10 Å². The van der Waals surface area contributed by atoms with Gasteiger partial charge in [-0.25, -0.2) is 4.98 Å². The van der Waals surface area contributed by atoms with Crippen LogP contribution in [0.2, 0.25) is 0 Å². The molecule has 0 bridgehead atoms. The van der Waals surface area contributed by atoms with Crippen LogP contribution in [0.4, 0.5) is 11.4 Å². The number of aryl methyl sites for hydroxylation is 2. The minimum absolute atomic E-state index is 0.0305. The first kappa shape index (κ1) is 14.6. The molecule has 0 radical (unpaired) electrons. The summed E-state index contributed by atoms with van der Waals surface area (Å²) < 4.78 is 1.66. The molecule has 0 aliphatic carbocycles. The fourth-order valence-electron chi connectivity index (χ4n) is 2.30. The van der Waals surface area contributed by atoms with Gasteiger partial charge in [0.15, 0.2) is 5.65 Å². The third-order valence-corrected chi connectivity index (χ3v) is 3.46. The average Bonchev–Trinajstić information content (AvgIpc) is 2.82. The number of nitrogens with one attached hydrogen (secondary N) is 1. The second-order valence-electron chi connectivity index (χ2n) is 5.06. The molecule has 0 fully saturated rings. The van der Waals surface area contributed by atoms with Crippen LogP contribution >= 0.6 is 0 Å². The zero-order valence-corrected chi connectivity index (χ0v) is 12.5. The Morgan fingerprint density at radius 1 is 1.30 bits per heavy atom. The standard InChI is InChI=1S/C15H13N5O3/c1-9-13-7-10(8-16-14(13)19(2)18-9)15(21)17-11-3-5-12(6-4-11)20(22)23/h3-8H,1-2H3,(H,17,21). The number of non-ortho nitro benzene ring substituents is 1. The van der Waals surface area contributed by atoms with Gasteiger partial charge in [0, 0.05) is 36.5 Å². The molecule has 0 atom stereocenters. The monoisotopic (exact) mass is 311 g/mol. The molecule has 1 N–H and O–H groups in total. The molecule has 0 spiro atoms. The Morgan fingerprint density at radius 2 is 2.00 bits per heavy atom. The van der Waals surface area contributed by atoms with E-state index in [2.05, 4.69) is 15.4 Å². The number of carbonyl (C=O) groups excluding carboxylic acids is 1. The van der Waals surface area contributed by atoms with Crippen LogP contribution in [0, 0.1) is 17.0 Å². The largest absolute Gasteiger partial charge is 0.322 e. The van der Waals surface area contributed by atoms with Gasteiger partial charge in [-0.3, -0.25) is 19.6 Å². The van der Waals surface area contributed by atoms with Gasteiger partial charge in [0.05, 0.1) is 16.2 Å². The highest BCUT2D eigenvalue weighted by Gasteiger charge is 2.12. The maximum absolute atomic E-state index is 12.3. The van der Waals surface area contributed by atoms with Gasteiger partial charge in [0.1, 0.15) is 0 Å². The van der Waals surface area contributed by atoms with Crippen molar-refractivity contribution in [3.63, 3.8) is 0 Å². The highest BCUT2D eigenvalue weighted by atomic mass is 16.6. The number of hydrogen-bond acceptors (Lipinski definition) is 5. The van der Waals surface area contributed by atoms with Crippen molar-refractivity contribution in [1.82, 2.24) is 14.8 Å². The molecule has 8 heteroatoms. The first-order valence-electron chi connectivity index (χ1n) is 6.81. The molecule has 116 valence electrons. The van der Waals surface area contributed by atoms with E-state index in [-0.39, 0.29) is 11.6 Å². The van der Waals surface area contributed by atoms with Crippen LogP contribution in [0.5, 0.6) is 0 Å². The molecule has 0 aliphatic rings. The van der Waals surface area contributed by atoms with Gasteiger partial charge in [-0.1, -0.05) is 0 Å². The van der Waals surface area contributed by atoms with Crippen molar-refractivity contribution in [2.45, 2.75) is 6.92 Å². The maximum atomic E-state index is 12.3. The molecule has 0 unspecified atom stereocenters. The summed E-state index contributed by atoms with van der Waals surface area (Å²) in [6.45, 7) is 1.85. The van der Waals surface area contributed by atoms with Crippen LogP contribution in [0.1, 0.15) is 16.1 Å². The van der Waals surface area contributed by atoms with E-state index in [1.165, 1.54) is 30.5 Å². The van der Waals surface area contributed by atoms with Crippen molar-refractivity contribution in [3.05, 3.63) is 57.9 Å². The number of nitrogens with zero attached hydrogens (tertiary/aromatic N) is 4. The van der Waals surface area contributed by atoms with Gasteiger partial charge in [-0.05, 0) is 25.1 Å². The van der Waals surface area contributed by atoms with Crippen molar-refractivity contribution in [3.8, 4) is 0 Å². The summed E-state index contributed by atoms with van der Waals surface area (Å²) in [7, 11) is 1.79. The number of nitro groups is 1. The van der Waals surface area contributed by atoms with Crippen molar-refractivity contribution >= 4 is 28.3 Å². The van der Waals surface area contributed by atoms with E-state index in [0.717, 1.165) is 11.1 Å². The van der Waals surface area contributed by atoms with Crippen molar-refractivity contribution < 1.29 is 9.72 Å². The zero-order chi connectivity index (χ0) is 16.6. The van der Waals surface area contributed by atoms with E-state index >= 15 is 0 Å². The fourth-order valence-corrected chi connectivity index (χ4v) is 2.30. The van der Waals surface area contributed by atoms with Crippen LogP contribution < -0.4 is 5.32 Å². The molecule has 0 saturated heterocycles. The Labute approximate surface area is 130 Å². The smallest absolute Gasteiger partial charge is 0.269 e. The van der Waals surface area contributed by atoms with Crippen LogP contribution in [0.15, 0.2) is 36.5 Å². The van der Waals surface area contributed by atoms with Gasteiger partial charge < -0.3 is 5.32 Å². The van der Waals surface area contributed by atoms with E-state index in [9.17, 15) is 14.9 Å². The summed E-state index contributed by atoms with van der Waals surface area (Å²) in [4.78, 5) is 26.7. The van der Waals surface area contributed by atoms with Crippen molar-refractivity contribution in [2.75, 3.05) is 5.32 Å². The highest BCUT2D eigenvalue weighted by molar-refractivity contribution is 6.05. The van der Waals surface area contributed by atoms with E-state index < -0.39 is 4.92 Å². The Hall–Kier alpha value is -3.29. The van der Waals surface area contributed by atoms with Crippen LogP contribution in [-0.2, 0) is 7.05 Å². The Morgan fingerprint density at radius 3 is 2.65 bits per heavy atom. The second kappa shape index (κ2) is 5.48. The normalized spacial score (nSPS) is 10.7. The van der Waals surface area contributed by atoms with Gasteiger partial charge >= 0.3 is 0 Å². The molecule has 1 aromatic carbocycles. The second-order valence-corrected chi connectivity index (χ2v) is 5.06. The fraction of sp³-hybridized carbons (Fsp3) is 0.133. The molecule has 3 rings (SSSR count). The molecular formula is C15H13N5O3. The highest BCUT2D eigenvalue weighted by Crippen LogP contribution is 2.19. The van der Waals surface area contributed by atoms with E-state index in [1.54, 1.807) is 17.8 Å². The molecule has 2 heterocycles. The summed E-state index contributed by atoms with van der Waals surface area (Å²) in [6, 6.07) is 7.37. The van der Waals surface area contributed by atoms with Gasteiger partial charge in [0.25, 0.3) is 11.6 Å². The lowest BCUT2D eigenvalue weighted by Gasteiger charge is -2.05. The third kappa shape index (κ3) is 2.73. The third-order valence-electron chi connectivity index (χ3n) is 3.46. The Bertz CT molecular complexity index is 915. The summed E-state index contributed by atoms with van der Waals surface area (Å²) in [5.74, 6) is -0.337. The molecule has 8 nitrogen and oxygen atoms in total. The number of pyridine rings is 1. The van der Waals surface area contributed by atoms with E-state index in [4.69, 9.17) is 0 Å². The Kier molecular flexibility index (Phi) is 3.49. The van der Waals surface area contributed by atoms with Crippen LogP contribution in [-0.4, -0.2) is 25.6 Å². The van der Waals surface area contributed by atoms with Crippen molar-refractivity contribution in [1.29, 1.82) is 0 Å². The minimum Gasteiger partial charge on any atom is -0.322 e. The van der Waals surface area contributed by atoms with E-state index in [1.807, 2.05) is 6.92 Å². The molecule has 23 heavy (non-hydrogen) atoms. The molecule has 0 saturated carbocycles. The number of benzene rings is 1. The number of amides is 1. The minimum atomic E-state index is -0.491. The lowest BCUT2D eigenvalue weighted by molar-refractivity contribution is -0.384. The number of aromatic nitrogens is 3. The van der Waals surface area contributed by atoms with Gasteiger partial charge in [-0.15, -0.1) is 0 Å². The lowest BCUT2D eigenvalue weighted by atomic mass is 10.2. The number of carbonyl (C=O) groups is 1. The van der Waals surface area contributed by atoms with Gasteiger partial charge in [0.2, 0.25) is 0 Å². The first-order valence-corrected chi connectivity index (χ1v) is 6.81. The molecule has 2 aromatic heterocycles. The van der Waals surface area contributed by atoms with E-state index in [0.29, 0.717) is 16.9 Å². The summed E-state index contributed by atoms with van der Waals surface area (Å²) >= 11 is 0. The lowest BCUT2D eigenvalue weighted by Crippen LogP contribution is -2.12. The first-order chi connectivity index (χ1) is 11.0. The number of rotatable bonds is 3. The average molecular weight is 311 g/mol. The number of hydrogen-bond donors (Lipinski definition) is 1. The topological polar surface area (TPSA) is 103 Å². The zero-order valence-electron chi connectivity index (χ0n) is 12.5. The summed E-state index contributed by atoms with van der Waals surface area (Å²) in [5.41, 5.74) is 2.34. The quantitative estimate of drug-likeness (QED) is 0.591. The Balaban J connectivity index is 1.85. The predicted octanol–water partition coefficient (Wildman–Crippen LogP) is 2.44. The number of fused-ring (bicyclic) bond motifs is 1. The maximum Gasteiger partial charge on any atom is 0.269 e. The molecule has 0 aliphatic heterocycles. The van der Waals surface area contributed by atoms with Crippen molar-refractivity contribution in [2.24, 2.45) is 7.05 Å². The van der Waals surface area contributed by atoms with Crippen LogP contribution in [0.3, 0.4) is 0 Å². The predicted molar refractivity (Wildman–Crippen MR) is 84.3 cm³/mol. The molecule has 1 amide bonds.